The quantitative estimate of drug-likeness (QED) is 0.674. The molecule has 0 fully saturated rings. The average Bonchev–Trinajstić information content (AvgIpc) is 2.67. The number of carbonyl (C=O) groups is 1. The smallest absolute Gasteiger partial charge is 0.244 e. The fraction of sp³-hybridized carbons (Fsp3) is 0.381. The van der Waals surface area contributed by atoms with Gasteiger partial charge in [0, 0.05) is 19.1 Å². The molecule has 2 unspecified atom stereocenters. The summed E-state index contributed by atoms with van der Waals surface area (Å²) in [5.74, 6) is 0.889. The lowest BCUT2D eigenvalue weighted by atomic mass is 10.0. The Labute approximate surface area is 164 Å². The van der Waals surface area contributed by atoms with Crippen LogP contribution in [0.1, 0.15) is 44.0 Å². The van der Waals surface area contributed by atoms with Gasteiger partial charge in [-0.1, -0.05) is 36.4 Å². The lowest BCUT2D eigenvalue weighted by molar-refractivity contribution is -0.133. The molecule has 2 atom stereocenters. The van der Waals surface area contributed by atoms with Crippen LogP contribution >= 0.6 is 15.9 Å². The Morgan fingerprint density at radius 3 is 2.31 bits per heavy atom. The number of nitrogens with one attached hydrogen (secondary N) is 1. The molecular weight excluding hydrogens is 392 g/mol. The fourth-order valence-corrected chi connectivity index (χ4v) is 3.53. The van der Waals surface area contributed by atoms with Crippen LogP contribution in [-0.2, 0) is 4.79 Å². The number of ether oxygens (including phenoxy) is 1. The summed E-state index contributed by atoms with van der Waals surface area (Å²) in [6.45, 7) is 7.48. The van der Waals surface area contributed by atoms with Gasteiger partial charge in [-0.15, -0.1) is 0 Å². The van der Waals surface area contributed by atoms with Crippen LogP contribution in [0.25, 0.3) is 0 Å². The molecule has 2 rings (SSSR count). The van der Waals surface area contributed by atoms with Crippen molar-refractivity contribution < 1.29 is 9.53 Å². The van der Waals surface area contributed by atoms with Crippen LogP contribution in [-0.4, -0.2) is 31.0 Å². The van der Waals surface area contributed by atoms with Gasteiger partial charge >= 0.3 is 0 Å². The van der Waals surface area contributed by atoms with Crippen molar-refractivity contribution in [3.8, 4) is 5.75 Å². The number of hydrogen-bond acceptors (Lipinski definition) is 3. The molecule has 140 valence electrons. The maximum Gasteiger partial charge on any atom is 0.244 e. The van der Waals surface area contributed by atoms with Crippen molar-refractivity contribution in [3.63, 3.8) is 0 Å². The van der Waals surface area contributed by atoms with E-state index in [1.807, 2.05) is 67.3 Å². The Balaban J connectivity index is 2.28. The summed E-state index contributed by atoms with van der Waals surface area (Å²) in [6, 6.07) is 15.5. The van der Waals surface area contributed by atoms with Gasteiger partial charge in [0.25, 0.3) is 0 Å². The van der Waals surface area contributed by atoms with Crippen LogP contribution in [0, 0.1) is 0 Å². The van der Waals surface area contributed by atoms with Crippen LogP contribution in [0.4, 0.5) is 0 Å². The summed E-state index contributed by atoms with van der Waals surface area (Å²) in [6.07, 6.45) is 0. The normalized spacial score (nSPS) is 13.1. The van der Waals surface area contributed by atoms with Crippen molar-refractivity contribution in [2.24, 2.45) is 0 Å². The van der Waals surface area contributed by atoms with Gasteiger partial charge in [0.2, 0.25) is 5.91 Å². The largest absolute Gasteiger partial charge is 0.496 e. The van der Waals surface area contributed by atoms with Crippen LogP contribution in [0.3, 0.4) is 0 Å². The van der Waals surface area contributed by atoms with Gasteiger partial charge in [-0.25, -0.2) is 0 Å². The summed E-state index contributed by atoms with van der Waals surface area (Å²) < 4.78 is 6.20. The van der Waals surface area contributed by atoms with Crippen LogP contribution in [0.15, 0.2) is 53.0 Å². The first-order chi connectivity index (χ1) is 12.5. The first kappa shape index (κ1) is 20.5. The van der Waals surface area contributed by atoms with E-state index in [0.717, 1.165) is 21.3 Å². The molecule has 2 aromatic carbocycles. The monoisotopic (exact) mass is 418 g/mol. The van der Waals surface area contributed by atoms with Gasteiger partial charge in [-0.3, -0.25) is 10.1 Å². The van der Waals surface area contributed by atoms with E-state index in [4.69, 9.17) is 4.74 Å². The third kappa shape index (κ3) is 4.86. The highest BCUT2D eigenvalue weighted by molar-refractivity contribution is 9.10. The Morgan fingerprint density at radius 1 is 1.12 bits per heavy atom. The van der Waals surface area contributed by atoms with E-state index < -0.39 is 0 Å². The average molecular weight is 419 g/mol. The minimum Gasteiger partial charge on any atom is -0.496 e. The van der Waals surface area contributed by atoms with Crippen molar-refractivity contribution in [3.05, 3.63) is 64.1 Å². The summed E-state index contributed by atoms with van der Waals surface area (Å²) >= 11 is 3.53. The topological polar surface area (TPSA) is 41.6 Å². The predicted molar refractivity (Wildman–Crippen MR) is 109 cm³/mol. The molecule has 0 bridgehead atoms. The van der Waals surface area contributed by atoms with Crippen LogP contribution in [0.2, 0.25) is 0 Å². The van der Waals surface area contributed by atoms with E-state index in [9.17, 15) is 4.79 Å². The molecule has 26 heavy (non-hydrogen) atoms. The molecule has 5 heteroatoms. The Kier molecular flexibility index (Phi) is 7.66. The number of benzene rings is 2. The molecule has 0 saturated carbocycles. The first-order valence-electron chi connectivity index (χ1n) is 8.95. The van der Waals surface area contributed by atoms with E-state index in [-0.39, 0.29) is 18.0 Å². The molecule has 1 N–H and O–H groups in total. The Bertz CT molecular complexity index is 717. The Morgan fingerprint density at radius 2 is 1.77 bits per heavy atom. The molecule has 4 nitrogen and oxygen atoms in total. The number of likely N-dealkylation sites (N-methyl/N-ethyl adjacent to an activating group) is 1. The standard InChI is InChI=1S/C21H27BrN2O2/c1-5-24(6-2)21(25)20(16-10-8-7-9-11-16)23-15(3)17-12-13-19(26-4)18(22)14-17/h7-15,20,23H,5-6H2,1-4H3. The number of carbonyl (C=O) groups excluding carboxylic acids is 1. The molecule has 0 aliphatic rings. The van der Waals surface area contributed by atoms with E-state index in [1.54, 1.807) is 7.11 Å². The molecule has 1 amide bonds. The van der Waals surface area contributed by atoms with Crippen molar-refractivity contribution in [2.75, 3.05) is 20.2 Å². The van der Waals surface area contributed by atoms with Gasteiger partial charge in [-0.05, 0) is 60.0 Å². The summed E-state index contributed by atoms with van der Waals surface area (Å²) in [5.41, 5.74) is 2.06. The van der Waals surface area contributed by atoms with E-state index in [1.165, 1.54) is 0 Å². The number of halogens is 1. The van der Waals surface area contributed by atoms with Gasteiger partial charge in [0.05, 0.1) is 11.6 Å². The second-order valence-electron chi connectivity index (χ2n) is 6.14. The zero-order chi connectivity index (χ0) is 19.1. The summed E-state index contributed by atoms with van der Waals surface area (Å²) in [5, 5.41) is 3.51. The number of methoxy groups -OCH3 is 1. The molecule has 2 aromatic rings. The minimum absolute atomic E-state index is 0.00178. The predicted octanol–water partition coefficient (Wildman–Crippen LogP) is 4.72. The molecule has 0 heterocycles. The highest BCUT2D eigenvalue weighted by Gasteiger charge is 2.26. The third-order valence-corrected chi connectivity index (χ3v) is 5.17. The van der Waals surface area contributed by atoms with E-state index in [2.05, 4.69) is 28.2 Å². The van der Waals surface area contributed by atoms with Crippen molar-refractivity contribution in [2.45, 2.75) is 32.9 Å². The third-order valence-electron chi connectivity index (χ3n) is 4.55. The van der Waals surface area contributed by atoms with Gasteiger partial charge < -0.3 is 9.64 Å². The molecule has 0 spiro atoms. The molecule has 0 aromatic heterocycles. The van der Waals surface area contributed by atoms with Gasteiger partial charge in [0.1, 0.15) is 11.8 Å². The second-order valence-corrected chi connectivity index (χ2v) is 6.99. The first-order valence-corrected chi connectivity index (χ1v) is 9.74. The lowest BCUT2D eigenvalue weighted by Gasteiger charge is -2.29. The van der Waals surface area contributed by atoms with Crippen molar-refractivity contribution in [1.29, 1.82) is 0 Å². The number of hydrogen-bond donors (Lipinski definition) is 1. The molecule has 0 saturated heterocycles. The lowest BCUT2D eigenvalue weighted by Crippen LogP contribution is -2.41. The minimum atomic E-state index is -0.382. The molecule has 0 radical (unpaired) electrons. The zero-order valence-corrected chi connectivity index (χ0v) is 17.4. The molecule has 0 aliphatic carbocycles. The summed E-state index contributed by atoms with van der Waals surface area (Å²) in [7, 11) is 1.65. The fourth-order valence-electron chi connectivity index (χ4n) is 2.97. The maximum atomic E-state index is 13.1. The number of nitrogens with zero attached hydrogens (tertiary/aromatic N) is 1. The van der Waals surface area contributed by atoms with Crippen molar-refractivity contribution in [1.82, 2.24) is 10.2 Å². The van der Waals surface area contributed by atoms with Gasteiger partial charge in [-0.2, -0.15) is 0 Å². The summed E-state index contributed by atoms with van der Waals surface area (Å²) in [4.78, 5) is 14.9. The number of amides is 1. The highest BCUT2D eigenvalue weighted by Crippen LogP contribution is 2.29. The van der Waals surface area contributed by atoms with Gasteiger partial charge in [0.15, 0.2) is 0 Å². The zero-order valence-electron chi connectivity index (χ0n) is 15.8. The highest BCUT2D eigenvalue weighted by atomic mass is 79.9. The van der Waals surface area contributed by atoms with Crippen molar-refractivity contribution >= 4 is 21.8 Å². The van der Waals surface area contributed by atoms with E-state index >= 15 is 0 Å². The van der Waals surface area contributed by atoms with Crippen LogP contribution in [0.5, 0.6) is 5.75 Å². The van der Waals surface area contributed by atoms with E-state index in [0.29, 0.717) is 13.1 Å². The molecule has 0 aliphatic heterocycles. The molecular formula is C21H27BrN2O2. The van der Waals surface area contributed by atoms with Crippen LogP contribution < -0.4 is 10.1 Å². The maximum absolute atomic E-state index is 13.1. The Hall–Kier alpha value is -1.85. The second kappa shape index (κ2) is 9.74. The number of rotatable bonds is 8. The SMILES string of the molecule is CCN(CC)C(=O)C(NC(C)c1ccc(OC)c(Br)c1)c1ccccc1.